The van der Waals surface area contributed by atoms with E-state index >= 15 is 0 Å². The van der Waals surface area contributed by atoms with Crippen molar-refractivity contribution in [3.63, 3.8) is 0 Å². The standard InChI is InChI=1S/C19H19FN4OS/c1-21-19(24-12-15-8-9-26-13-15)23-11-14-2-7-18(22-10-14)25-17-5-3-16(20)4-6-17/h2-10,13H,11-12H2,1H3,(H2,21,23,24). The Bertz CT molecular complexity index is 833. The van der Waals surface area contributed by atoms with Crippen molar-refractivity contribution in [1.29, 1.82) is 0 Å². The van der Waals surface area contributed by atoms with Gasteiger partial charge < -0.3 is 15.4 Å². The Morgan fingerprint density at radius 2 is 1.85 bits per heavy atom. The van der Waals surface area contributed by atoms with Gasteiger partial charge in [-0.05, 0) is 52.2 Å². The second-order valence-corrected chi connectivity index (χ2v) is 6.25. The summed E-state index contributed by atoms with van der Waals surface area (Å²) in [6.07, 6.45) is 1.73. The number of ether oxygens (including phenoxy) is 1. The molecule has 0 aliphatic heterocycles. The summed E-state index contributed by atoms with van der Waals surface area (Å²) in [5.41, 5.74) is 2.22. The predicted octanol–water partition coefficient (Wildman–Crippen LogP) is 3.94. The summed E-state index contributed by atoms with van der Waals surface area (Å²) in [5.74, 6) is 1.43. The van der Waals surface area contributed by atoms with E-state index in [9.17, 15) is 4.39 Å². The first-order valence-corrected chi connectivity index (χ1v) is 9.01. The van der Waals surface area contributed by atoms with Gasteiger partial charge in [-0.3, -0.25) is 4.99 Å². The molecule has 134 valence electrons. The highest BCUT2D eigenvalue weighted by atomic mass is 32.1. The Balaban J connectivity index is 1.49. The Hall–Kier alpha value is -2.93. The number of hydrogen-bond acceptors (Lipinski definition) is 4. The van der Waals surface area contributed by atoms with Crippen molar-refractivity contribution in [1.82, 2.24) is 15.6 Å². The van der Waals surface area contributed by atoms with Crippen LogP contribution < -0.4 is 15.4 Å². The molecular weight excluding hydrogens is 351 g/mol. The van der Waals surface area contributed by atoms with E-state index in [4.69, 9.17) is 4.74 Å². The maximum Gasteiger partial charge on any atom is 0.219 e. The average molecular weight is 370 g/mol. The average Bonchev–Trinajstić information content (AvgIpc) is 3.18. The van der Waals surface area contributed by atoms with Crippen LogP contribution in [0.5, 0.6) is 11.6 Å². The van der Waals surface area contributed by atoms with Crippen molar-refractivity contribution in [3.05, 3.63) is 76.4 Å². The summed E-state index contributed by atoms with van der Waals surface area (Å²) in [5, 5.41) is 10.7. The number of nitrogens with one attached hydrogen (secondary N) is 2. The Morgan fingerprint density at radius 1 is 1.08 bits per heavy atom. The molecule has 0 aliphatic rings. The van der Waals surface area contributed by atoms with Gasteiger partial charge in [0.25, 0.3) is 0 Å². The van der Waals surface area contributed by atoms with Gasteiger partial charge in [0.1, 0.15) is 11.6 Å². The number of halogens is 1. The highest BCUT2D eigenvalue weighted by molar-refractivity contribution is 7.07. The first kappa shape index (κ1) is 17.9. The molecule has 0 saturated carbocycles. The van der Waals surface area contributed by atoms with Crippen molar-refractivity contribution in [3.8, 4) is 11.6 Å². The van der Waals surface area contributed by atoms with Gasteiger partial charge in [0.05, 0.1) is 0 Å². The number of thiophene rings is 1. The van der Waals surface area contributed by atoms with Gasteiger partial charge in [-0.25, -0.2) is 9.37 Å². The molecule has 0 unspecified atom stereocenters. The molecule has 0 bridgehead atoms. The lowest BCUT2D eigenvalue weighted by atomic mass is 10.3. The second kappa shape index (κ2) is 8.96. The molecule has 0 fully saturated rings. The SMILES string of the molecule is CN=C(NCc1ccc(Oc2ccc(F)cc2)nc1)NCc1ccsc1. The second-order valence-electron chi connectivity index (χ2n) is 5.47. The summed E-state index contributed by atoms with van der Waals surface area (Å²) >= 11 is 1.67. The van der Waals surface area contributed by atoms with Crippen molar-refractivity contribution < 1.29 is 9.13 Å². The molecule has 0 radical (unpaired) electrons. The van der Waals surface area contributed by atoms with Gasteiger partial charge in [-0.15, -0.1) is 0 Å². The van der Waals surface area contributed by atoms with Crippen molar-refractivity contribution in [2.24, 2.45) is 4.99 Å². The van der Waals surface area contributed by atoms with Gasteiger partial charge >= 0.3 is 0 Å². The zero-order chi connectivity index (χ0) is 18.2. The van der Waals surface area contributed by atoms with E-state index < -0.39 is 0 Å². The Labute approximate surface area is 155 Å². The van der Waals surface area contributed by atoms with E-state index in [-0.39, 0.29) is 5.82 Å². The van der Waals surface area contributed by atoms with Crippen molar-refractivity contribution in [2.45, 2.75) is 13.1 Å². The van der Waals surface area contributed by atoms with Crippen LogP contribution in [0.3, 0.4) is 0 Å². The maximum absolute atomic E-state index is 12.9. The van der Waals surface area contributed by atoms with E-state index in [0.29, 0.717) is 18.2 Å². The fourth-order valence-corrected chi connectivity index (χ4v) is 2.85. The number of guanidine groups is 1. The van der Waals surface area contributed by atoms with E-state index in [1.807, 2.05) is 6.07 Å². The largest absolute Gasteiger partial charge is 0.439 e. The zero-order valence-corrected chi connectivity index (χ0v) is 15.1. The van der Waals surface area contributed by atoms with Crippen LogP contribution in [-0.4, -0.2) is 18.0 Å². The molecule has 26 heavy (non-hydrogen) atoms. The summed E-state index contributed by atoms with van der Waals surface area (Å²) in [6, 6.07) is 11.6. The highest BCUT2D eigenvalue weighted by Gasteiger charge is 2.02. The number of aromatic nitrogens is 1. The summed E-state index contributed by atoms with van der Waals surface area (Å²) in [7, 11) is 1.74. The first-order valence-electron chi connectivity index (χ1n) is 8.07. The molecule has 0 spiro atoms. The van der Waals surface area contributed by atoms with Crippen LogP contribution in [0.15, 0.2) is 64.4 Å². The van der Waals surface area contributed by atoms with Crippen LogP contribution in [0.4, 0.5) is 4.39 Å². The molecule has 0 atom stereocenters. The molecule has 5 nitrogen and oxygen atoms in total. The Kier molecular flexibility index (Phi) is 6.16. The van der Waals surface area contributed by atoms with Crippen LogP contribution >= 0.6 is 11.3 Å². The summed E-state index contributed by atoms with van der Waals surface area (Å²) in [4.78, 5) is 8.48. The van der Waals surface area contributed by atoms with E-state index in [2.05, 4.69) is 37.4 Å². The monoisotopic (exact) mass is 370 g/mol. The summed E-state index contributed by atoms with van der Waals surface area (Å²) in [6.45, 7) is 1.32. The quantitative estimate of drug-likeness (QED) is 0.510. The normalized spacial score (nSPS) is 11.2. The Morgan fingerprint density at radius 3 is 2.46 bits per heavy atom. The zero-order valence-electron chi connectivity index (χ0n) is 14.3. The number of rotatable bonds is 6. The number of aliphatic imine (C=N–C) groups is 1. The first-order chi connectivity index (χ1) is 12.7. The van der Waals surface area contributed by atoms with E-state index in [1.165, 1.54) is 17.7 Å². The third-order valence-corrected chi connectivity index (χ3v) is 4.29. The minimum absolute atomic E-state index is 0.298. The van der Waals surface area contributed by atoms with Crippen LogP contribution in [0, 0.1) is 5.82 Å². The third kappa shape index (κ3) is 5.29. The number of pyridine rings is 1. The third-order valence-electron chi connectivity index (χ3n) is 3.56. The van der Waals surface area contributed by atoms with E-state index in [0.717, 1.165) is 18.1 Å². The smallest absolute Gasteiger partial charge is 0.219 e. The molecule has 0 amide bonds. The van der Waals surface area contributed by atoms with Crippen LogP contribution in [0.2, 0.25) is 0 Å². The fraction of sp³-hybridized carbons (Fsp3) is 0.158. The van der Waals surface area contributed by atoms with E-state index in [1.54, 1.807) is 42.8 Å². The molecule has 0 saturated heterocycles. The number of nitrogens with zero attached hydrogens (tertiary/aromatic N) is 2. The minimum Gasteiger partial charge on any atom is -0.439 e. The van der Waals surface area contributed by atoms with Gasteiger partial charge in [-0.1, -0.05) is 6.07 Å². The van der Waals surface area contributed by atoms with Crippen molar-refractivity contribution >= 4 is 17.3 Å². The molecule has 7 heteroatoms. The van der Waals surface area contributed by atoms with Gasteiger partial charge in [0.2, 0.25) is 5.88 Å². The lowest BCUT2D eigenvalue weighted by Gasteiger charge is -2.11. The van der Waals surface area contributed by atoms with Gasteiger partial charge in [0, 0.05) is 32.4 Å². The molecule has 3 aromatic rings. The lowest BCUT2D eigenvalue weighted by Crippen LogP contribution is -2.36. The molecule has 2 heterocycles. The van der Waals surface area contributed by atoms with Crippen LogP contribution in [0.25, 0.3) is 0 Å². The van der Waals surface area contributed by atoms with Crippen LogP contribution in [-0.2, 0) is 13.1 Å². The molecule has 0 aliphatic carbocycles. The predicted molar refractivity (Wildman–Crippen MR) is 102 cm³/mol. The summed E-state index contributed by atoms with van der Waals surface area (Å²) < 4.78 is 18.5. The highest BCUT2D eigenvalue weighted by Crippen LogP contribution is 2.19. The van der Waals surface area contributed by atoms with Crippen LogP contribution in [0.1, 0.15) is 11.1 Å². The minimum atomic E-state index is -0.298. The fourth-order valence-electron chi connectivity index (χ4n) is 2.18. The van der Waals surface area contributed by atoms with Gasteiger partial charge in [-0.2, -0.15) is 11.3 Å². The molecule has 2 aromatic heterocycles. The topological polar surface area (TPSA) is 58.5 Å². The van der Waals surface area contributed by atoms with Crippen molar-refractivity contribution in [2.75, 3.05) is 7.05 Å². The molecule has 1 aromatic carbocycles. The number of benzene rings is 1. The molecular formula is C19H19FN4OS. The lowest BCUT2D eigenvalue weighted by molar-refractivity contribution is 0.461. The molecule has 3 rings (SSSR count). The van der Waals surface area contributed by atoms with Gasteiger partial charge in [0.15, 0.2) is 5.96 Å². The maximum atomic E-state index is 12.9. The number of hydrogen-bond donors (Lipinski definition) is 2. The molecule has 2 N–H and O–H groups in total.